The molecule has 9 heteroatoms. The molecule has 1 amide bonds. The largest absolute Gasteiger partial charge is 0.495 e. The lowest BCUT2D eigenvalue weighted by Gasteiger charge is -2.60. The number of nitrogens with one attached hydrogen (secondary N) is 1. The second kappa shape index (κ2) is 8.25. The number of anilines is 1. The van der Waals surface area contributed by atoms with Crippen molar-refractivity contribution in [2.75, 3.05) is 38.7 Å². The van der Waals surface area contributed by atoms with Gasteiger partial charge < -0.3 is 14.8 Å². The van der Waals surface area contributed by atoms with Crippen molar-refractivity contribution in [2.24, 2.45) is 17.3 Å². The molecule has 2 atom stereocenters. The van der Waals surface area contributed by atoms with Crippen LogP contribution >= 0.6 is 15.9 Å². The molecule has 6 rings (SSSR count). The summed E-state index contributed by atoms with van der Waals surface area (Å²) in [7, 11) is -2.13. The minimum Gasteiger partial charge on any atom is -0.495 e. The van der Waals surface area contributed by atoms with E-state index in [0.29, 0.717) is 56.0 Å². The molecule has 0 radical (unpaired) electrons. The molecule has 7 nitrogen and oxygen atoms in total. The van der Waals surface area contributed by atoms with Crippen molar-refractivity contribution in [3.8, 4) is 5.75 Å². The maximum atomic E-state index is 13.2. The predicted octanol–water partition coefficient (Wildman–Crippen LogP) is 3.78. The van der Waals surface area contributed by atoms with Crippen LogP contribution in [0.15, 0.2) is 23.1 Å². The Morgan fingerprint density at radius 3 is 2.53 bits per heavy atom. The lowest BCUT2D eigenvalue weighted by atomic mass is 9.48. The van der Waals surface area contributed by atoms with E-state index in [1.54, 1.807) is 6.07 Å². The fourth-order valence-electron chi connectivity index (χ4n) is 6.96. The predicted molar refractivity (Wildman–Crippen MR) is 125 cm³/mol. The highest BCUT2D eigenvalue weighted by Crippen LogP contribution is 2.65. The molecule has 1 N–H and O–H groups in total. The van der Waals surface area contributed by atoms with Gasteiger partial charge in [0, 0.05) is 23.8 Å². The highest BCUT2D eigenvalue weighted by Gasteiger charge is 2.57. The first kappa shape index (κ1) is 22.6. The van der Waals surface area contributed by atoms with E-state index in [4.69, 9.17) is 9.47 Å². The Hall–Kier alpha value is -1.16. The molecule has 4 bridgehead atoms. The summed E-state index contributed by atoms with van der Waals surface area (Å²) >= 11 is 4.01. The molecule has 1 heterocycles. The van der Waals surface area contributed by atoms with Gasteiger partial charge in [-0.05, 0) is 74.0 Å². The third kappa shape index (κ3) is 4.21. The number of morpholine rings is 1. The average Bonchev–Trinajstić information content (AvgIpc) is 2.72. The van der Waals surface area contributed by atoms with E-state index in [-0.39, 0.29) is 20.5 Å². The molecular weight excluding hydrogens is 496 g/mol. The van der Waals surface area contributed by atoms with Crippen molar-refractivity contribution in [2.45, 2.75) is 54.2 Å². The molecular formula is C23H31BrN2O5S. The lowest BCUT2D eigenvalue weighted by Crippen LogP contribution is -2.53. The van der Waals surface area contributed by atoms with Crippen LogP contribution in [0.1, 0.15) is 44.9 Å². The number of hydrogen-bond donors (Lipinski definition) is 1. The second-order valence-corrected chi connectivity index (χ2v) is 13.8. The minimum atomic E-state index is -3.66. The van der Waals surface area contributed by atoms with Crippen molar-refractivity contribution in [3.63, 3.8) is 0 Å². The third-order valence-corrected chi connectivity index (χ3v) is 10.5. The fourth-order valence-corrected chi connectivity index (χ4v) is 9.90. The molecule has 5 fully saturated rings. The maximum Gasteiger partial charge on any atom is 0.243 e. The van der Waals surface area contributed by atoms with E-state index < -0.39 is 10.0 Å². The summed E-state index contributed by atoms with van der Waals surface area (Å²) < 4.78 is 38.5. The maximum absolute atomic E-state index is 13.2. The van der Waals surface area contributed by atoms with Gasteiger partial charge in [-0.25, -0.2) is 8.42 Å². The highest BCUT2D eigenvalue weighted by atomic mass is 79.9. The van der Waals surface area contributed by atoms with Gasteiger partial charge in [0.05, 0.1) is 30.9 Å². The van der Waals surface area contributed by atoms with Gasteiger partial charge in [-0.15, -0.1) is 0 Å². The number of alkyl halides is 1. The molecule has 4 aliphatic carbocycles. The summed E-state index contributed by atoms with van der Waals surface area (Å²) in [4.78, 5) is 13.3. The topological polar surface area (TPSA) is 84.9 Å². The standard InChI is InChI=1S/C23H31BrN2O5S/c1-30-20-3-2-18(32(28,29)26-4-6-31-7-5-26)9-19(20)25-21(27)14-22-10-16-8-17(11-22)13-23(24,12-16)15-22/h2-3,9,16-17H,4-8,10-15H2,1H3,(H,25,27)/t16-,17-,22?,23?/m0/s1. The molecule has 5 aliphatic rings. The van der Waals surface area contributed by atoms with Gasteiger partial charge in [-0.2, -0.15) is 4.31 Å². The van der Waals surface area contributed by atoms with E-state index in [2.05, 4.69) is 21.2 Å². The first-order valence-corrected chi connectivity index (χ1v) is 13.7. The molecule has 4 saturated carbocycles. The van der Waals surface area contributed by atoms with E-state index in [9.17, 15) is 13.2 Å². The Morgan fingerprint density at radius 2 is 1.91 bits per heavy atom. The zero-order chi connectivity index (χ0) is 22.6. The summed E-state index contributed by atoms with van der Waals surface area (Å²) in [5.41, 5.74) is 0.452. The third-order valence-electron chi connectivity index (χ3n) is 7.70. The SMILES string of the molecule is COc1ccc(S(=O)(=O)N2CCOCC2)cc1NC(=O)CC12C[C@@H]3C[C@H](CC(Br)(C3)C1)C2. The van der Waals surface area contributed by atoms with E-state index >= 15 is 0 Å². The van der Waals surface area contributed by atoms with Crippen LogP contribution in [0.25, 0.3) is 0 Å². The number of hydrogen-bond acceptors (Lipinski definition) is 5. The van der Waals surface area contributed by atoms with Crippen molar-refractivity contribution < 1.29 is 22.7 Å². The lowest BCUT2D eigenvalue weighted by molar-refractivity contribution is -0.123. The summed E-state index contributed by atoms with van der Waals surface area (Å²) in [5.74, 6) is 1.81. The normalized spacial score (nSPS) is 34.4. The zero-order valence-electron chi connectivity index (χ0n) is 18.4. The number of benzene rings is 1. The number of ether oxygens (including phenoxy) is 2. The Kier molecular flexibility index (Phi) is 5.83. The number of sulfonamides is 1. The molecule has 0 unspecified atom stereocenters. The number of nitrogens with zero attached hydrogens (tertiary/aromatic N) is 1. The van der Waals surface area contributed by atoms with E-state index in [1.165, 1.54) is 42.8 Å². The molecule has 1 aromatic rings. The summed E-state index contributed by atoms with van der Waals surface area (Å²) in [5, 5.41) is 2.98. The number of halogens is 1. The van der Waals surface area contributed by atoms with Crippen molar-refractivity contribution >= 4 is 37.5 Å². The number of carbonyl (C=O) groups excluding carboxylic acids is 1. The quantitative estimate of drug-likeness (QED) is 0.570. The Morgan fingerprint density at radius 1 is 1.22 bits per heavy atom. The smallest absolute Gasteiger partial charge is 0.243 e. The van der Waals surface area contributed by atoms with Crippen LogP contribution in [0.5, 0.6) is 5.75 Å². The van der Waals surface area contributed by atoms with Gasteiger partial charge in [0.15, 0.2) is 0 Å². The van der Waals surface area contributed by atoms with Crippen LogP contribution in [-0.4, -0.2) is 56.4 Å². The van der Waals surface area contributed by atoms with Gasteiger partial charge in [-0.1, -0.05) is 15.9 Å². The number of amides is 1. The van der Waals surface area contributed by atoms with Crippen molar-refractivity contribution in [1.29, 1.82) is 0 Å². The average molecular weight is 527 g/mol. The van der Waals surface area contributed by atoms with Crippen LogP contribution in [0.4, 0.5) is 5.69 Å². The van der Waals surface area contributed by atoms with Crippen LogP contribution < -0.4 is 10.1 Å². The first-order valence-electron chi connectivity index (χ1n) is 11.5. The van der Waals surface area contributed by atoms with Crippen LogP contribution in [-0.2, 0) is 19.6 Å². The Balaban J connectivity index is 1.34. The van der Waals surface area contributed by atoms with E-state index in [0.717, 1.165) is 19.3 Å². The second-order valence-electron chi connectivity index (χ2n) is 10.2. The van der Waals surface area contributed by atoms with Crippen molar-refractivity contribution in [1.82, 2.24) is 4.31 Å². The molecule has 1 aromatic carbocycles. The number of carbonyl (C=O) groups is 1. The highest BCUT2D eigenvalue weighted by molar-refractivity contribution is 9.10. The number of methoxy groups -OCH3 is 1. The Labute approximate surface area is 198 Å². The monoisotopic (exact) mass is 526 g/mol. The first-order chi connectivity index (χ1) is 15.2. The van der Waals surface area contributed by atoms with Crippen LogP contribution in [0.2, 0.25) is 0 Å². The molecule has 32 heavy (non-hydrogen) atoms. The Bertz CT molecular complexity index is 994. The van der Waals surface area contributed by atoms with Gasteiger partial charge in [-0.3, -0.25) is 4.79 Å². The van der Waals surface area contributed by atoms with Crippen molar-refractivity contribution in [3.05, 3.63) is 18.2 Å². The van der Waals surface area contributed by atoms with Crippen LogP contribution in [0, 0.1) is 17.3 Å². The number of rotatable bonds is 6. The van der Waals surface area contributed by atoms with Crippen LogP contribution in [0.3, 0.4) is 0 Å². The minimum absolute atomic E-state index is 0.0440. The molecule has 0 aromatic heterocycles. The zero-order valence-corrected chi connectivity index (χ0v) is 20.8. The molecule has 1 aliphatic heterocycles. The van der Waals surface area contributed by atoms with Gasteiger partial charge in [0.25, 0.3) is 0 Å². The summed E-state index contributed by atoms with van der Waals surface area (Å²) in [6, 6.07) is 4.67. The van der Waals surface area contributed by atoms with Gasteiger partial charge in [0.1, 0.15) is 5.75 Å². The molecule has 0 spiro atoms. The molecule has 176 valence electrons. The molecule has 1 saturated heterocycles. The van der Waals surface area contributed by atoms with Gasteiger partial charge >= 0.3 is 0 Å². The van der Waals surface area contributed by atoms with E-state index in [1.807, 2.05) is 0 Å². The summed E-state index contributed by atoms with van der Waals surface area (Å²) in [6.07, 6.45) is 7.50. The van der Waals surface area contributed by atoms with Gasteiger partial charge in [0.2, 0.25) is 15.9 Å². The summed E-state index contributed by atoms with van der Waals surface area (Å²) in [6.45, 7) is 1.43. The fraction of sp³-hybridized carbons (Fsp3) is 0.696.